The Bertz CT molecular complexity index is 702. The van der Waals surface area contributed by atoms with Gasteiger partial charge in [0.15, 0.2) is 5.65 Å². The predicted octanol–water partition coefficient (Wildman–Crippen LogP) is 2.27. The van der Waals surface area contributed by atoms with Gasteiger partial charge in [-0.15, -0.1) is 0 Å². The van der Waals surface area contributed by atoms with Gasteiger partial charge in [0.25, 0.3) is 5.56 Å². The van der Waals surface area contributed by atoms with Crippen molar-refractivity contribution in [2.45, 2.75) is 44.9 Å². The minimum atomic E-state index is 0.105. The zero-order valence-corrected chi connectivity index (χ0v) is 11.4. The summed E-state index contributed by atoms with van der Waals surface area (Å²) in [5.74, 6) is 1.27. The van der Waals surface area contributed by atoms with Crippen molar-refractivity contribution in [1.29, 1.82) is 0 Å². The van der Waals surface area contributed by atoms with Crippen molar-refractivity contribution in [1.82, 2.24) is 14.6 Å². The summed E-state index contributed by atoms with van der Waals surface area (Å²) in [5.41, 5.74) is 3.07. The lowest BCUT2D eigenvalue weighted by atomic mass is 9.71. The molecule has 100 valence electrons. The number of rotatable bonds is 0. The molecule has 2 unspecified atom stereocenters. The Balaban J connectivity index is 2.05. The van der Waals surface area contributed by atoms with Gasteiger partial charge in [-0.25, -0.2) is 9.50 Å². The first-order valence-electron chi connectivity index (χ1n) is 7.24. The lowest BCUT2D eigenvalue weighted by Crippen LogP contribution is -2.34. The zero-order chi connectivity index (χ0) is 13.2. The molecule has 0 radical (unpaired) electrons. The number of nitrogens with zero attached hydrogens (tertiary/aromatic N) is 2. The van der Waals surface area contributed by atoms with Crippen molar-refractivity contribution in [3.63, 3.8) is 0 Å². The second-order valence-corrected chi connectivity index (χ2v) is 6.32. The van der Waals surface area contributed by atoms with Gasteiger partial charge >= 0.3 is 0 Å². The number of fused-ring (bicyclic) bond motifs is 3. The third kappa shape index (κ3) is 1.20. The standard InChI is InChI=1S/C15H19N3O/c1-9-3-4-10(2)15(9)7-5-11-13(15)17-12-6-8-16-18(12)14(11)19/h6,8-10,16H,3-5,7H2,1-2H3. The molecule has 2 atom stereocenters. The van der Waals surface area contributed by atoms with Crippen LogP contribution in [0.2, 0.25) is 0 Å². The molecule has 2 heterocycles. The van der Waals surface area contributed by atoms with E-state index in [2.05, 4.69) is 18.9 Å². The highest BCUT2D eigenvalue weighted by molar-refractivity contribution is 5.45. The van der Waals surface area contributed by atoms with Gasteiger partial charge in [0.05, 0.1) is 5.69 Å². The highest BCUT2D eigenvalue weighted by Crippen LogP contribution is 2.55. The van der Waals surface area contributed by atoms with E-state index in [9.17, 15) is 4.79 Å². The first kappa shape index (κ1) is 11.3. The van der Waals surface area contributed by atoms with Crippen LogP contribution in [0.5, 0.6) is 0 Å². The topological polar surface area (TPSA) is 50.2 Å². The molecule has 4 rings (SSSR count). The van der Waals surface area contributed by atoms with Crippen molar-refractivity contribution in [3.05, 3.63) is 33.9 Å². The molecule has 1 saturated carbocycles. The fraction of sp³-hybridized carbons (Fsp3) is 0.600. The average molecular weight is 257 g/mol. The van der Waals surface area contributed by atoms with Crippen LogP contribution in [0.3, 0.4) is 0 Å². The highest BCUT2D eigenvalue weighted by Gasteiger charge is 2.52. The van der Waals surface area contributed by atoms with E-state index >= 15 is 0 Å². The van der Waals surface area contributed by atoms with Crippen LogP contribution in [0.15, 0.2) is 17.1 Å². The number of hydrogen-bond donors (Lipinski definition) is 1. The summed E-state index contributed by atoms with van der Waals surface area (Å²) >= 11 is 0. The van der Waals surface area contributed by atoms with E-state index in [-0.39, 0.29) is 11.0 Å². The molecular weight excluding hydrogens is 238 g/mol. The second kappa shape index (κ2) is 3.50. The molecule has 0 saturated heterocycles. The highest BCUT2D eigenvalue weighted by atomic mass is 16.1. The Kier molecular flexibility index (Phi) is 2.07. The average Bonchev–Trinajstić information content (AvgIpc) is 3.06. The van der Waals surface area contributed by atoms with Crippen LogP contribution >= 0.6 is 0 Å². The first-order valence-corrected chi connectivity index (χ1v) is 7.24. The quantitative estimate of drug-likeness (QED) is 0.787. The molecule has 2 aromatic heterocycles. The summed E-state index contributed by atoms with van der Waals surface area (Å²) in [7, 11) is 0. The Morgan fingerprint density at radius 3 is 2.84 bits per heavy atom. The lowest BCUT2D eigenvalue weighted by Gasteiger charge is -2.33. The number of H-pyrrole nitrogens is 1. The molecule has 1 spiro atoms. The Morgan fingerprint density at radius 2 is 2.11 bits per heavy atom. The van der Waals surface area contributed by atoms with E-state index in [1.165, 1.54) is 12.8 Å². The van der Waals surface area contributed by atoms with Gasteiger partial charge < -0.3 is 0 Å². The number of hydrogen-bond acceptors (Lipinski definition) is 2. The molecule has 4 nitrogen and oxygen atoms in total. The zero-order valence-electron chi connectivity index (χ0n) is 11.4. The van der Waals surface area contributed by atoms with Crippen molar-refractivity contribution in [3.8, 4) is 0 Å². The van der Waals surface area contributed by atoms with Crippen LogP contribution in [0.25, 0.3) is 5.65 Å². The first-order chi connectivity index (χ1) is 9.14. The summed E-state index contributed by atoms with van der Waals surface area (Å²) in [6.45, 7) is 4.67. The van der Waals surface area contributed by atoms with Crippen LogP contribution < -0.4 is 5.56 Å². The van der Waals surface area contributed by atoms with Gasteiger partial charge in [-0.3, -0.25) is 9.89 Å². The Hall–Kier alpha value is -1.58. The minimum absolute atomic E-state index is 0.105. The molecule has 2 aliphatic carbocycles. The molecule has 0 aromatic carbocycles. The summed E-state index contributed by atoms with van der Waals surface area (Å²) in [6, 6.07) is 1.89. The molecule has 1 N–H and O–H groups in total. The summed E-state index contributed by atoms with van der Waals surface area (Å²) in [4.78, 5) is 17.4. The van der Waals surface area contributed by atoms with E-state index in [1.54, 1.807) is 10.7 Å². The van der Waals surface area contributed by atoms with Crippen molar-refractivity contribution >= 4 is 5.65 Å². The predicted molar refractivity (Wildman–Crippen MR) is 73.4 cm³/mol. The van der Waals surface area contributed by atoms with Crippen LogP contribution in [-0.2, 0) is 11.8 Å². The third-order valence-corrected chi connectivity index (χ3v) is 5.66. The van der Waals surface area contributed by atoms with E-state index < -0.39 is 0 Å². The van der Waals surface area contributed by atoms with Gasteiger partial charge in [0.1, 0.15) is 0 Å². The molecule has 0 aliphatic heterocycles. The Labute approximate surface area is 111 Å². The second-order valence-electron chi connectivity index (χ2n) is 6.32. The van der Waals surface area contributed by atoms with Crippen LogP contribution in [0.1, 0.15) is 44.4 Å². The summed E-state index contributed by atoms with van der Waals surface area (Å²) < 4.78 is 1.57. The smallest absolute Gasteiger partial charge is 0.276 e. The maximum Gasteiger partial charge on any atom is 0.276 e. The molecular formula is C15H19N3O. The summed E-state index contributed by atoms with van der Waals surface area (Å²) in [6.07, 6.45) is 6.29. The molecule has 2 aromatic rings. The number of aromatic amines is 1. The molecule has 0 amide bonds. The lowest BCUT2D eigenvalue weighted by molar-refractivity contribution is 0.261. The monoisotopic (exact) mass is 257 g/mol. The van der Waals surface area contributed by atoms with Crippen LogP contribution in [-0.4, -0.2) is 14.6 Å². The maximum atomic E-state index is 12.5. The normalized spacial score (nSPS) is 33.4. The third-order valence-electron chi connectivity index (χ3n) is 5.66. The molecule has 0 bridgehead atoms. The van der Waals surface area contributed by atoms with Gasteiger partial charge in [-0.05, 0) is 37.5 Å². The summed E-state index contributed by atoms with van der Waals surface area (Å²) in [5, 5.41) is 2.96. The fourth-order valence-electron chi connectivity index (χ4n) is 4.52. The molecule has 4 heteroatoms. The van der Waals surface area contributed by atoms with Crippen molar-refractivity contribution in [2.24, 2.45) is 11.8 Å². The number of nitrogens with one attached hydrogen (secondary N) is 1. The molecule has 2 aliphatic rings. The fourth-order valence-corrected chi connectivity index (χ4v) is 4.52. The van der Waals surface area contributed by atoms with Gasteiger partial charge in [-0.2, -0.15) is 0 Å². The van der Waals surface area contributed by atoms with E-state index in [1.807, 2.05) is 6.07 Å². The molecule has 19 heavy (non-hydrogen) atoms. The SMILES string of the molecule is CC1CCC(C)C12CCc1c2nc2cc[nH]n2c1=O. The number of aromatic nitrogens is 3. The van der Waals surface area contributed by atoms with Gasteiger partial charge in [0, 0.05) is 23.2 Å². The van der Waals surface area contributed by atoms with Crippen molar-refractivity contribution < 1.29 is 0 Å². The van der Waals surface area contributed by atoms with Gasteiger partial charge in [-0.1, -0.05) is 13.8 Å². The van der Waals surface area contributed by atoms with E-state index in [4.69, 9.17) is 4.98 Å². The Morgan fingerprint density at radius 1 is 1.37 bits per heavy atom. The van der Waals surface area contributed by atoms with Gasteiger partial charge in [0.2, 0.25) is 0 Å². The van der Waals surface area contributed by atoms with E-state index in [0.29, 0.717) is 11.8 Å². The molecule has 1 fully saturated rings. The minimum Gasteiger partial charge on any atom is -0.297 e. The van der Waals surface area contributed by atoms with Crippen LogP contribution in [0, 0.1) is 11.8 Å². The van der Waals surface area contributed by atoms with E-state index in [0.717, 1.165) is 29.7 Å². The largest absolute Gasteiger partial charge is 0.297 e. The van der Waals surface area contributed by atoms with Crippen molar-refractivity contribution in [2.75, 3.05) is 0 Å². The van der Waals surface area contributed by atoms with Crippen LogP contribution in [0.4, 0.5) is 0 Å². The maximum absolute atomic E-state index is 12.5.